The van der Waals surface area contributed by atoms with Gasteiger partial charge in [0.05, 0.1) is 12.2 Å². The van der Waals surface area contributed by atoms with Crippen LogP contribution in [0.5, 0.6) is 0 Å². The van der Waals surface area contributed by atoms with E-state index in [0.29, 0.717) is 12.2 Å². The zero-order chi connectivity index (χ0) is 16.4. The van der Waals surface area contributed by atoms with E-state index in [9.17, 15) is 4.79 Å². The molecule has 22 heavy (non-hydrogen) atoms. The van der Waals surface area contributed by atoms with E-state index in [-0.39, 0.29) is 5.97 Å². The average molecular weight is 296 g/mol. The fourth-order valence-electron chi connectivity index (χ4n) is 2.59. The summed E-state index contributed by atoms with van der Waals surface area (Å²) >= 11 is 0. The molecule has 1 aliphatic carbocycles. The lowest BCUT2D eigenvalue weighted by molar-refractivity contribution is 0.0509. The summed E-state index contributed by atoms with van der Waals surface area (Å²) in [6.07, 6.45) is 13.5. The van der Waals surface area contributed by atoms with Crippen molar-refractivity contribution in [2.45, 2.75) is 39.0 Å². The number of carbonyl (C=O) groups excluding carboxylic acids is 1. The van der Waals surface area contributed by atoms with E-state index in [1.165, 1.54) is 29.6 Å². The fraction of sp³-hybridized carbons (Fsp3) is 0.350. The lowest BCUT2D eigenvalue weighted by Gasteiger charge is -2.20. The summed E-state index contributed by atoms with van der Waals surface area (Å²) in [4.78, 5) is 11.8. The molecule has 0 unspecified atom stereocenters. The minimum atomic E-state index is -0.245. The Morgan fingerprint density at radius 3 is 2.45 bits per heavy atom. The van der Waals surface area contributed by atoms with Gasteiger partial charge in [0.1, 0.15) is 0 Å². The molecule has 2 nitrogen and oxygen atoms in total. The number of rotatable bonds is 4. The molecule has 0 saturated heterocycles. The standard InChI is InChI=1S/C18H22O2.C2H2/c1-14-8-6-7-11-17(14)15(2)12-13-20-18(19)16-9-4-3-5-10-16;1-2/h3-5,9-10H,1,6-8,11-13H2,2H3;1-2H/b17-15+;. The van der Waals surface area contributed by atoms with Gasteiger partial charge in [0, 0.05) is 6.42 Å². The van der Waals surface area contributed by atoms with E-state index in [1.807, 2.05) is 18.2 Å². The summed E-state index contributed by atoms with van der Waals surface area (Å²) in [6, 6.07) is 9.12. The molecule has 0 bridgehead atoms. The van der Waals surface area contributed by atoms with E-state index in [0.717, 1.165) is 19.3 Å². The molecule has 1 fully saturated rings. The second-order valence-corrected chi connectivity index (χ2v) is 5.32. The SMILES string of the molecule is C#C.C=C1CCCC/C1=C(/C)CCOC(=O)c1ccccc1. The van der Waals surface area contributed by atoms with Gasteiger partial charge in [-0.05, 0) is 50.3 Å². The molecule has 0 aliphatic heterocycles. The van der Waals surface area contributed by atoms with Gasteiger partial charge in [0.2, 0.25) is 0 Å². The van der Waals surface area contributed by atoms with Crippen LogP contribution in [0.25, 0.3) is 0 Å². The molecule has 2 heteroatoms. The molecule has 1 aromatic rings. The Bertz CT molecular complexity index is 550. The first kappa shape index (κ1) is 17.8. The van der Waals surface area contributed by atoms with Crippen molar-refractivity contribution in [2.24, 2.45) is 0 Å². The van der Waals surface area contributed by atoms with Crippen LogP contribution in [0.1, 0.15) is 49.4 Å². The predicted octanol–water partition coefficient (Wildman–Crippen LogP) is 4.93. The smallest absolute Gasteiger partial charge is 0.338 e. The lowest BCUT2D eigenvalue weighted by Crippen LogP contribution is -2.08. The largest absolute Gasteiger partial charge is 0.462 e. The van der Waals surface area contributed by atoms with Gasteiger partial charge in [-0.25, -0.2) is 4.79 Å². The van der Waals surface area contributed by atoms with Crippen LogP contribution in [0, 0.1) is 12.8 Å². The Morgan fingerprint density at radius 1 is 1.18 bits per heavy atom. The van der Waals surface area contributed by atoms with Crippen molar-refractivity contribution in [3.8, 4) is 12.8 Å². The Balaban J connectivity index is 0.00000116. The minimum absolute atomic E-state index is 0.245. The maximum absolute atomic E-state index is 11.8. The highest BCUT2D eigenvalue weighted by atomic mass is 16.5. The van der Waals surface area contributed by atoms with Crippen molar-refractivity contribution in [3.63, 3.8) is 0 Å². The van der Waals surface area contributed by atoms with Gasteiger partial charge in [-0.15, -0.1) is 12.8 Å². The van der Waals surface area contributed by atoms with Crippen LogP contribution in [0.15, 0.2) is 53.6 Å². The lowest BCUT2D eigenvalue weighted by atomic mass is 9.87. The first-order valence-electron chi connectivity index (χ1n) is 7.61. The third kappa shape index (κ3) is 5.26. The molecule has 0 aromatic heterocycles. The summed E-state index contributed by atoms with van der Waals surface area (Å²) in [6.45, 7) is 6.71. The van der Waals surface area contributed by atoms with E-state index in [2.05, 4.69) is 26.3 Å². The number of ether oxygens (including phenoxy) is 1. The number of terminal acetylenes is 1. The number of carbonyl (C=O) groups is 1. The number of hydrogen-bond acceptors (Lipinski definition) is 2. The summed E-state index contributed by atoms with van der Waals surface area (Å²) in [5, 5.41) is 0. The molecule has 0 heterocycles. The third-order valence-corrected chi connectivity index (χ3v) is 3.82. The second kappa shape index (κ2) is 9.63. The Labute approximate surface area is 133 Å². The van der Waals surface area contributed by atoms with Crippen LogP contribution in [0.2, 0.25) is 0 Å². The zero-order valence-corrected chi connectivity index (χ0v) is 13.3. The molecular weight excluding hydrogens is 272 g/mol. The van der Waals surface area contributed by atoms with Gasteiger partial charge in [-0.1, -0.05) is 35.9 Å². The van der Waals surface area contributed by atoms with Crippen LogP contribution in [0.3, 0.4) is 0 Å². The van der Waals surface area contributed by atoms with Gasteiger partial charge >= 0.3 is 5.97 Å². The summed E-state index contributed by atoms with van der Waals surface area (Å²) in [5.41, 5.74) is 4.59. The first-order valence-corrected chi connectivity index (χ1v) is 7.61. The number of allylic oxidation sites excluding steroid dienone is 2. The van der Waals surface area contributed by atoms with Crippen LogP contribution in [0.4, 0.5) is 0 Å². The Morgan fingerprint density at radius 2 is 1.82 bits per heavy atom. The first-order chi connectivity index (χ1) is 10.7. The topological polar surface area (TPSA) is 26.3 Å². The van der Waals surface area contributed by atoms with Gasteiger partial charge in [-0.3, -0.25) is 0 Å². The van der Waals surface area contributed by atoms with Crippen LogP contribution >= 0.6 is 0 Å². The molecule has 0 spiro atoms. The quantitative estimate of drug-likeness (QED) is 0.581. The molecule has 0 amide bonds. The van der Waals surface area contributed by atoms with Crippen molar-refractivity contribution < 1.29 is 9.53 Å². The Hall–Kier alpha value is -2.27. The predicted molar refractivity (Wildman–Crippen MR) is 91.5 cm³/mol. The van der Waals surface area contributed by atoms with E-state index < -0.39 is 0 Å². The van der Waals surface area contributed by atoms with Crippen molar-refractivity contribution in [3.05, 3.63) is 59.2 Å². The Kier molecular flexibility index (Phi) is 7.78. The van der Waals surface area contributed by atoms with Gasteiger partial charge in [0.15, 0.2) is 0 Å². The van der Waals surface area contributed by atoms with Gasteiger partial charge in [-0.2, -0.15) is 0 Å². The summed E-state index contributed by atoms with van der Waals surface area (Å²) in [7, 11) is 0. The van der Waals surface area contributed by atoms with Crippen LogP contribution in [-0.4, -0.2) is 12.6 Å². The highest BCUT2D eigenvalue weighted by molar-refractivity contribution is 5.89. The maximum atomic E-state index is 11.8. The fourth-order valence-corrected chi connectivity index (χ4v) is 2.59. The number of hydrogen-bond donors (Lipinski definition) is 0. The highest BCUT2D eigenvalue weighted by Crippen LogP contribution is 2.30. The zero-order valence-electron chi connectivity index (χ0n) is 13.3. The molecule has 116 valence electrons. The van der Waals surface area contributed by atoms with E-state index in [4.69, 9.17) is 4.74 Å². The molecule has 0 N–H and O–H groups in total. The monoisotopic (exact) mass is 296 g/mol. The van der Waals surface area contributed by atoms with E-state index in [1.54, 1.807) is 12.1 Å². The summed E-state index contributed by atoms with van der Waals surface area (Å²) in [5.74, 6) is -0.245. The minimum Gasteiger partial charge on any atom is -0.462 e. The van der Waals surface area contributed by atoms with Crippen molar-refractivity contribution in [1.82, 2.24) is 0 Å². The van der Waals surface area contributed by atoms with Crippen LogP contribution in [-0.2, 0) is 4.74 Å². The van der Waals surface area contributed by atoms with E-state index >= 15 is 0 Å². The van der Waals surface area contributed by atoms with Gasteiger partial charge in [0.25, 0.3) is 0 Å². The van der Waals surface area contributed by atoms with Gasteiger partial charge < -0.3 is 4.74 Å². The number of benzene rings is 1. The van der Waals surface area contributed by atoms with Crippen LogP contribution < -0.4 is 0 Å². The third-order valence-electron chi connectivity index (χ3n) is 3.82. The maximum Gasteiger partial charge on any atom is 0.338 e. The molecule has 1 aromatic carbocycles. The van der Waals surface area contributed by atoms with Crippen molar-refractivity contribution in [1.29, 1.82) is 0 Å². The second-order valence-electron chi connectivity index (χ2n) is 5.32. The molecule has 1 aliphatic rings. The molecular formula is C20H24O2. The molecule has 1 saturated carbocycles. The number of esters is 1. The normalized spacial score (nSPS) is 16.2. The molecule has 0 atom stereocenters. The molecule has 0 radical (unpaired) electrons. The summed E-state index contributed by atoms with van der Waals surface area (Å²) < 4.78 is 5.32. The molecule has 2 rings (SSSR count). The highest BCUT2D eigenvalue weighted by Gasteiger charge is 2.13. The van der Waals surface area contributed by atoms with Crippen molar-refractivity contribution in [2.75, 3.05) is 6.61 Å². The average Bonchev–Trinajstić information content (AvgIpc) is 2.57. The van der Waals surface area contributed by atoms with Crippen molar-refractivity contribution >= 4 is 5.97 Å².